The minimum atomic E-state index is -4.47. The van der Waals surface area contributed by atoms with Crippen molar-refractivity contribution in [2.24, 2.45) is 0 Å². The molecule has 8 heteroatoms. The number of aromatic carboxylic acids is 2. The standard InChI is InChI=1S/C17H12BrF3O4/c18-14-6-5-12(17(19,20)21)7-10(14)3-1-9-2-4-11(15(22)23)8-13(9)16(24)25/h2,4-8H,1,3H2,(H,22,23)(H,24,25). The van der Waals surface area contributed by atoms with Crippen molar-refractivity contribution >= 4 is 27.9 Å². The van der Waals surface area contributed by atoms with E-state index >= 15 is 0 Å². The Morgan fingerprint density at radius 1 is 0.920 bits per heavy atom. The normalized spacial score (nSPS) is 11.4. The molecular weight excluding hydrogens is 405 g/mol. The molecule has 0 saturated heterocycles. The van der Waals surface area contributed by atoms with Crippen LogP contribution in [0.3, 0.4) is 0 Å². The number of aryl methyl sites for hydroxylation is 2. The molecule has 0 heterocycles. The first kappa shape index (κ1) is 19.0. The summed E-state index contributed by atoms with van der Waals surface area (Å²) in [6, 6.07) is 6.94. The first-order chi connectivity index (χ1) is 11.6. The lowest BCUT2D eigenvalue weighted by molar-refractivity contribution is -0.137. The van der Waals surface area contributed by atoms with Crippen LogP contribution < -0.4 is 0 Å². The molecule has 2 rings (SSSR count). The van der Waals surface area contributed by atoms with E-state index in [9.17, 15) is 27.9 Å². The third-order valence-electron chi connectivity index (χ3n) is 3.62. The quantitative estimate of drug-likeness (QED) is 0.743. The first-order valence-electron chi connectivity index (χ1n) is 7.04. The van der Waals surface area contributed by atoms with Crippen LogP contribution in [-0.4, -0.2) is 22.2 Å². The van der Waals surface area contributed by atoms with Crippen LogP contribution in [0.25, 0.3) is 0 Å². The number of carboxylic acids is 2. The second kappa shape index (κ2) is 7.26. The van der Waals surface area contributed by atoms with E-state index in [1.807, 2.05) is 0 Å². The Morgan fingerprint density at radius 3 is 2.12 bits per heavy atom. The third kappa shape index (κ3) is 4.60. The molecule has 0 aliphatic carbocycles. The van der Waals surface area contributed by atoms with Crippen LogP contribution in [0.1, 0.15) is 37.4 Å². The average Bonchev–Trinajstić information content (AvgIpc) is 2.52. The summed E-state index contributed by atoms with van der Waals surface area (Å²) in [5.74, 6) is -2.55. The van der Waals surface area contributed by atoms with Crippen LogP contribution in [-0.2, 0) is 19.0 Å². The Morgan fingerprint density at radius 2 is 1.56 bits per heavy atom. The lowest BCUT2D eigenvalue weighted by Gasteiger charge is -2.12. The monoisotopic (exact) mass is 416 g/mol. The summed E-state index contributed by atoms with van der Waals surface area (Å²) < 4.78 is 38.9. The molecular formula is C17H12BrF3O4. The van der Waals surface area contributed by atoms with Gasteiger partial charge < -0.3 is 10.2 Å². The number of carboxylic acid groups (broad SMARTS) is 2. The Kier molecular flexibility index (Phi) is 5.52. The fourth-order valence-corrected chi connectivity index (χ4v) is 2.78. The Balaban J connectivity index is 2.30. The molecule has 2 aromatic rings. The lowest BCUT2D eigenvalue weighted by Crippen LogP contribution is -2.08. The summed E-state index contributed by atoms with van der Waals surface area (Å²) in [6.45, 7) is 0. The van der Waals surface area contributed by atoms with E-state index in [2.05, 4.69) is 15.9 Å². The van der Waals surface area contributed by atoms with Crippen LogP contribution >= 0.6 is 15.9 Å². The van der Waals surface area contributed by atoms with E-state index in [0.717, 1.165) is 18.2 Å². The summed E-state index contributed by atoms with van der Waals surface area (Å²) in [6.07, 6.45) is -4.15. The van der Waals surface area contributed by atoms with Gasteiger partial charge in [0.2, 0.25) is 0 Å². The summed E-state index contributed by atoms with van der Waals surface area (Å²) in [5.41, 5.74) is -0.398. The van der Waals surface area contributed by atoms with Gasteiger partial charge in [-0.25, -0.2) is 9.59 Å². The Labute approximate surface area is 149 Å². The molecule has 2 N–H and O–H groups in total. The van der Waals surface area contributed by atoms with E-state index in [1.54, 1.807) is 0 Å². The van der Waals surface area contributed by atoms with Gasteiger partial charge in [0, 0.05) is 4.47 Å². The van der Waals surface area contributed by atoms with E-state index in [-0.39, 0.29) is 24.0 Å². The van der Waals surface area contributed by atoms with Gasteiger partial charge in [-0.2, -0.15) is 13.2 Å². The average molecular weight is 417 g/mol. The molecule has 0 saturated carbocycles. The molecule has 4 nitrogen and oxygen atoms in total. The van der Waals surface area contributed by atoms with Crippen molar-refractivity contribution in [1.82, 2.24) is 0 Å². The number of benzene rings is 2. The number of carbonyl (C=O) groups is 2. The minimum absolute atomic E-state index is 0.154. The number of rotatable bonds is 5. The molecule has 0 aliphatic rings. The third-order valence-corrected chi connectivity index (χ3v) is 4.40. The summed E-state index contributed by atoms with van der Waals surface area (Å²) in [7, 11) is 0. The van der Waals surface area contributed by atoms with Crippen molar-refractivity contribution < 1.29 is 33.0 Å². The van der Waals surface area contributed by atoms with Crippen molar-refractivity contribution in [2.45, 2.75) is 19.0 Å². The Hall–Kier alpha value is -2.35. The van der Waals surface area contributed by atoms with Crippen LogP contribution in [0.15, 0.2) is 40.9 Å². The highest BCUT2D eigenvalue weighted by atomic mass is 79.9. The van der Waals surface area contributed by atoms with Crippen LogP contribution in [0.5, 0.6) is 0 Å². The molecule has 0 unspecified atom stereocenters. The summed E-state index contributed by atoms with van der Waals surface area (Å²) in [4.78, 5) is 22.2. The Bertz CT molecular complexity index is 831. The van der Waals surface area contributed by atoms with Gasteiger partial charge in [0.15, 0.2) is 0 Å². The van der Waals surface area contributed by atoms with Crippen LogP contribution in [0, 0.1) is 0 Å². The topological polar surface area (TPSA) is 74.6 Å². The van der Waals surface area contributed by atoms with Gasteiger partial charge in [0.05, 0.1) is 16.7 Å². The second-order valence-electron chi connectivity index (χ2n) is 5.29. The predicted molar refractivity (Wildman–Crippen MR) is 86.9 cm³/mol. The molecule has 0 aromatic heterocycles. The van der Waals surface area contributed by atoms with E-state index in [0.29, 0.717) is 15.6 Å². The van der Waals surface area contributed by atoms with Crippen LogP contribution in [0.2, 0.25) is 0 Å². The van der Waals surface area contributed by atoms with Crippen molar-refractivity contribution in [3.05, 3.63) is 68.7 Å². The maximum atomic E-state index is 12.8. The van der Waals surface area contributed by atoms with Gasteiger partial charge >= 0.3 is 18.1 Å². The molecule has 0 bridgehead atoms. The molecule has 0 atom stereocenters. The zero-order chi connectivity index (χ0) is 18.8. The van der Waals surface area contributed by atoms with Crippen molar-refractivity contribution in [1.29, 1.82) is 0 Å². The molecule has 0 amide bonds. The number of alkyl halides is 3. The van der Waals surface area contributed by atoms with Crippen molar-refractivity contribution in [2.75, 3.05) is 0 Å². The highest BCUT2D eigenvalue weighted by Crippen LogP contribution is 2.32. The van der Waals surface area contributed by atoms with E-state index in [4.69, 9.17) is 5.11 Å². The zero-order valence-corrected chi connectivity index (χ0v) is 14.2. The highest BCUT2D eigenvalue weighted by molar-refractivity contribution is 9.10. The van der Waals surface area contributed by atoms with Gasteiger partial charge in [-0.05, 0) is 54.3 Å². The maximum absolute atomic E-state index is 12.8. The van der Waals surface area contributed by atoms with Crippen LogP contribution in [0.4, 0.5) is 13.2 Å². The molecule has 2 aromatic carbocycles. The van der Waals surface area contributed by atoms with Crippen molar-refractivity contribution in [3.63, 3.8) is 0 Å². The van der Waals surface area contributed by atoms with Gasteiger partial charge in [0.25, 0.3) is 0 Å². The highest BCUT2D eigenvalue weighted by Gasteiger charge is 2.30. The fourth-order valence-electron chi connectivity index (χ4n) is 2.34. The molecule has 132 valence electrons. The summed E-state index contributed by atoms with van der Waals surface area (Å²) >= 11 is 3.19. The lowest BCUT2D eigenvalue weighted by atomic mass is 9.97. The predicted octanol–water partition coefficient (Wildman–Crippen LogP) is 4.65. The largest absolute Gasteiger partial charge is 0.478 e. The van der Waals surface area contributed by atoms with Gasteiger partial charge in [-0.1, -0.05) is 22.0 Å². The SMILES string of the molecule is O=C(O)c1ccc(CCc2cc(C(F)(F)F)ccc2Br)c(C(=O)O)c1. The van der Waals surface area contributed by atoms with E-state index in [1.165, 1.54) is 18.2 Å². The molecule has 0 aliphatic heterocycles. The van der Waals surface area contributed by atoms with E-state index < -0.39 is 23.7 Å². The van der Waals surface area contributed by atoms with Gasteiger partial charge in [-0.15, -0.1) is 0 Å². The smallest absolute Gasteiger partial charge is 0.416 e. The molecule has 0 radical (unpaired) electrons. The molecule has 0 fully saturated rings. The van der Waals surface area contributed by atoms with Crippen molar-refractivity contribution in [3.8, 4) is 0 Å². The van der Waals surface area contributed by atoms with Gasteiger partial charge in [-0.3, -0.25) is 0 Å². The number of halogens is 4. The van der Waals surface area contributed by atoms with Gasteiger partial charge in [0.1, 0.15) is 0 Å². The summed E-state index contributed by atoms with van der Waals surface area (Å²) in [5, 5.41) is 18.2. The fraction of sp³-hybridized carbons (Fsp3) is 0.176. The number of hydrogen-bond acceptors (Lipinski definition) is 2. The number of hydrogen-bond donors (Lipinski definition) is 2. The zero-order valence-electron chi connectivity index (χ0n) is 12.6. The minimum Gasteiger partial charge on any atom is -0.478 e. The first-order valence-corrected chi connectivity index (χ1v) is 7.84. The maximum Gasteiger partial charge on any atom is 0.416 e. The molecule has 0 spiro atoms. The molecule has 25 heavy (non-hydrogen) atoms. The second-order valence-corrected chi connectivity index (χ2v) is 6.14.